The third-order valence-corrected chi connectivity index (χ3v) is 11.5. The molecule has 0 fully saturated rings. The number of para-hydroxylation sites is 1. The molecule has 0 atom stereocenters. The molecule has 1 aromatic heterocycles. The van der Waals surface area contributed by atoms with E-state index in [-0.39, 0.29) is 0 Å². The van der Waals surface area contributed by atoms with Crippen molar-refractivity contribution in [3.8, 4) is 55.8 Å². The van der Waals surface area contributed by atoms with Crippen molar-refractivity contribution in [2.24, 2.45) is 0 Å². The van der Waals surface area contributed by atoms with E-state index >= 15 is 0 Å². The van der Waals surface area contributed by atoms with Crippen LogP contribution in [0.15, 0.2) is 188 Å². The minimum Gasteiger partial charge on any atom is -0.248 e. The van der Waals surface area contributed by atoms with Crippen molar-refractivity contribution >= 4 is 32.8 Å². The number of benzene rings is 7. The summed E-state index contributed by atoms with van der Waals surface area (Å²) in [5, 5.41) is 3.78. The van der Waals surface area contributed by atoms with Crippen molar-refractivity contribution in [2.75, 3.05) is 0 Å². The van der Waals surface area contributed by atoms with Gasteiger partial charge >= 0.3 is 0 Å². The van der Waals surface area contributed by atoms with Gasteiger partial charge in [-0.25, -0.2) is 4.98 Å². The fourth-order valence-corrected chi connectivity index (χ4v) is 9.01. The average molecular weight is 732 g/mol. The van der Waals surface area contributed by atoms with Crippen molar-refractivity contribution in [3.63, 3.8) is 0 Å². The van der Waals surface area contributed by atoms with Gasteiger partial charge in [0.15, 0.2) is 0 Å². The van der Waals surface area contributed by atoms with Crippen LogP contribution in [-0.4, -0.2) is 4.98 Å². The Kier molecular flexibility index (Phi) is 9.44. The van der Waals surface area contributed by atoms with Crippen LogP contribution < -0.4 is 0 Å². The molecular weight excluding hydrogens is 687 g/mol. The summed E-state index contributed by atoms with van der Waals surface area (Å²) < 4.78 is 0. The van der Waals surface area contributed by atoms with Crippen LogP contribution >= 0.6 is 0 Å². The predicted molar refractivity (Wildman–Crippen MR) is 246 cm³/mol. The zero-order valence-electron chi connectivity index (χ0n) is 33.1. The number of fused-ring (bicyclic) bond motifs is 5. The molecule has 10 rings (SSSR count). The van der Waals surface area contributed by atoms with Crippen LogP contribution in [0.5, 0.6) is 0 Å². The molecule has 0 bridgehead atoms. The third-order valence-electron chi connectivity index (χ3n) is 11.5. The van der Waals surface area contributed by atoms with E-state index in [4.69, 9.17) is 4.98 Å². The molecule has 0 saturated carbocycles. The molecule has 57 heavy (non-hydrogen) atoms. The lowest BCUT2D eigenvalue weighted by molar-refractivity contribution is 1.18. The maximum Gasteiger partial charge on any atom is 0.0709 e. The first kappa shape index (κ1) is 35.8. The minimum absolute atomic E-state index is 0.799. The molecule has 0 spiro atoms. The number of hydrogen-bond acceptors (Lipinski definition) is 1. The number of hydrogen-bond donors (Lipinski definition) is 0. The predicted octanol–water partition coefficient (Wildman–Crippen LogP) is 15.6. The van der Waals surface area contributed by atoms with Crippen LogP contribution in [-0.2, 0) is 6.42 Å². The molecule has 0 unspecified atom stereocenters. The second-order valence-corrected chi connectivity index (χ2v) is 14.7. The second-order valence-electron chi connectivity index (χ2n) is 14.7. The van der Waals surface area contributed by atoms with Crippen LogP contribution in [0.4, 0.5) is 0 Å². The minimum atomic E-state index is 0.799. The Morgan fingerprint density at radius 2 is 1.25 bits per heavy atom. The molecule has 2 aliphatic rings. The van der Waals surface area contributed by atoms with Gasteiger partial charge in [0.25, 0.3) is 0 Å². The fraction of sp³-hybridized carbons (Fsp3) is 0.0893. The van der Waals surface area contributed by atoms with E-state index in [1.54, 1.807) is 0 Å². The van der Waals surface area contributed by atoms with E-state index in [0.717, 1.165) is 28.6 Å². The Bertz CT molecular complexity index is 2960. The SMILES string of the molecule is C=C/C=C1/C(C)=C(\C=C/C)c2cccc(Cc3cc(-c4cccc(-c5ccc6ccccc6n5)c4)cc(-c4ccc5c6c(cccc46)-c4ccccc4-5)c3)c21.CC. The highest BCUT2D eigenvalue weighted by Crippen LogP contribution is 2.50. The molecule has 2 aliphatic carbocycles. The monoisotopic (exact) mass is 731 g/mol. The summed E-state index contributed by atoms with van der Waals surface area (Å²) in [5.41, 5.74) is 22.2. The molecule has 1 heterocycles. The zero-order chi connectivity index (χ0) is 39.0. The first-order valence-electron chi connectivity index (χ1n) is 20.2. The molecule has 0 N–H and O–H groups in total. The van der Waals surface area contributed by atoms with Crippen LogP contribution in [0.1, 0.15) is 49.9 Å². The lowest BCUT2D eigenvalue weighted by atomic mass is 9.88. The standard InChI is InChI=1S/C54H39N.C2H6/c1-4-13-42-34(3)43(14-5-2)53-39(18-11-21-47(42)53)29-35-30-40(37-16-10-17-38(32-37)52-28-25-36-15-6-9-24-51(36)55-52)33-41(31-35)44-26-27-50-46-20-8-7-19-45(46)49-23-12-22-48(44)54(49)50;1-2/h4-28,30-33H,2,29H2,1,3H3;1-2H3/b13-4-,43-14-;. The molecule has 0 saturated heterocycles. The van der Waals surface area contributed by atoms with Crippen molar-refractivity contribution in [2.45, 2.75) is 34.1 Å². The van der Waals surface area contributed by atoms with E-state index < -0.39 is 0 Å². The summed E-state index contributed by atoms with van der Waals surface area (Å²) >= 11 is 0. The normalized spacial score (nSPS) is 13.3. The van der Waals surface area contributed by atoms with Crippen molar-refractivity contribution in [1.29, 1.82) is 0 Å². The van der Waals surface area contributed by atoms with Gasteiger partial charge in [0.2, 0.25) is 0 Å². The molecule has 274 valence electrons. The summed E-state index contributed by atoms with van der Waals surface area (Å²) in [6.07, 6.45) is 9.27. The van der Waals surface area contributed by atoms with Gasteiger partial charge in [0.05, 0.1) is 11.2 Å². The first-order valence-corrected chi connectivity index (χ1v) is 20.2. The first-order chi connectivity index (χ1) is 28.1. The molecule has 1 nitrogen and oxygen atoms in total. The lowest BCUT2D eigenvalue weighted by Gasteiger charge is -2.16. The Labute approximate surface area is 336 Å². The highest BCUT2D eigenvalue weighted by Gasteiger charge is 2.26. The van der Waals surface area contributed by atoms with Crippen LogP contribution in [0.3, 0.4) is 0 Å². The van der Waals surface area contributed by atoms with Crippen molar-refractivity contribution in [3.05, 3.63) is 210 Å². The maximum absolute atomic E-state index is 5.05. The molecule has 8 aromatic rings. The summed E-state index contributed by atoms with van der Waals surface area (Å²) in [7, 11) is 0. The van der Waals surface area contributed by atoms with Gasteiger partial charge in [-0.15, -0.1) is 0 Å². The topological polar surface area (TPSA) is 12.9 Å². The lowest BCUT2D eigenvalue weighted by Crippen LogP contribution is -1.97. The number of rotatable bonds is 7. The van der Waals surface area contributed by atoms with Gasteiger partial charge < -0.3 is 0 Å². The smallest absolute Gasteiger partial charge is 0.0709 e. The Balaban J connectivity index is 0.00000208. The summed E-state index contributed by atoms with van der Waals surface area (Å²) in [6.45, 7) is 12.4. The van der Waals surface area contributed by atoms with E-state index in [9.17, 15) is 0 Å². The van der Waals surface area contributed by atoms with Gasteiger partial charge in [0, 0.05) is 10.9 Å². The Morgan fingerprint density at radius 3 is 2.07 bits per heavy atom. The third kappa shape index (κ3) is 6.17. The molecule has 0 amide bonds. The van der Waals surface area contributed by atoms with Crippen molar-refractivity contribution in [1.82, 2.24) is 4.98 Å². The van der Waals surface area contributed by atoms with Gasteiger partial charge in [0.1, 0.15) is 0 Å². The maximum atomic E-state index is 5.05. The second kappa shape index (κ2) is 15.0. The number of pyridine rings is 1. The summed E-state index contributed by atoms with van der Waals surface area (Å²) in [6, 6.07) is 55.7. The molecule has 0 radical (unpaired) electrons. The largest absolute Gasteiger partial charge is 0.248 e. The number of allylic oxidation sites excluding steroid dienone is 7. The quantitative estimate of drug-likeness (QED) is 0.159. The highest BCUT2D eigenvalue weighted by molar-refractivity contribution is 6.18. The van der Waals surface area contributed by atoms with Crippen LogP contribution in [0.2, 0.25) is 0 Å². The molecule has 0 aliphatic heterocycles. The van der Waals surface area contributed by atoms with Gasteiger partial charge in [-0.2, -0.15) is 0 Å². The van der Waals surface area contributed by atoms with Gasteiger partial charge in [-0.1, -0.05) is 172 Å². The fourth-order valence-electron chi connectivity index (χ4n) is 9.01. The molecular formula is C56H45N. The van der Waals surface area contributed by atoms with Crippen LogP contribution in [0, 0.1) is 0 Å². The average Bonchev–Trinajstić information content (AvgIpc) is 3.73. The Morgan fingerprint density at radius 1 is 0.579 bits per heavy atom. The van der Waals surface area contributed by atoms with E-state index in [0.29, 0.717) is 0 Å². The van der Waals surface area contributed by atoms with Crippen molar-refractivity contribution < 1.29 is 0 Å². The highest BCUT2D eigenvalue weighted by atomic mass is 14.7. The number of nitrogens with zero attached hydrogens (tertiary/aromatic N) is 1. The van der Waals surface area contributed by atoms with Gasteiger partial charge in [-0.05, 0) is 139 Å². The number of aromatic nitrogens is 1. The summed E-state index contributed by atoms with van der Waals surface area (Å²) in [4.78, 5) is 5.05. The van der Waals surface area contributed by atoms with Gasteiger partial charge in [-0.3, -0.25) is 0 Å². The van der Waals surface area contributed by atoms with E-state index in [2.05, 4.69) is 190 Å². The van der Waals surface area contributed by atoms with E-state index in [1.165, 1.54) is 94.3 Å². The van der Waals surface area contributed by atoms with E-state index in [1.807, 2.05) is 19.9 Å². The zero-order valence-corrected chi connectivity index (χ0v) is 33.1. The molecule has 7 aromatic carbocycles. The van der Waals surface area contributed by atoms with Crippen LogP contribution in [0.25, 0.3) is 88.6 Å². The Hall–Kier alpha value is -6.83. The molecule has 1 heteroatoms. The summed E-state index contributed by atoms with van der Waals surface area (Å²) in [5.74, 6) is 0.